The molecule has 1 aromatic carbocycles. The van der Waals surface area contributed by atoms with Gasteiger partial charge in [0.05, 0.1) is 30.0 Å². The van der Waals surface area contributed by atoms with E-state index in [0.717, 1.165) is 30.0 Å². The number of morpholine rings is 1. The van der Waals surface area contributed by atoms with Gasteiger partial charge in [-0.25, -0.2) is 4.98 Å². The Hall–Kier alpha value is -2.20. The normalized spacial score (nSPS) is 14.9. The maximum absolute atomic E-state index is 13.4. The summed E-state index contributed by atoms with van der Waals surface area (Å²) in [4.78, 5) is 22.1. The lowest BCUT2D eigenvalue weighted by molar-refractivity contribution is 0.0391. The van der Waals surface area contributed by atoms with E-state index in [2.05, 4.69) is 10.00 Å². The Morgan fingerprint density at radius 3 is 2.80 bits per heavy atom. The highest BCUT2D eigenvalue weighted by Crippen LogP contribution is 2.39. The number of amides is 1. The molecule has 3 aromatic rings. The molecular formula is C20H24ClN5O3S. The molecule has 1 fully saturated rings. The van der Waals surface area contributed by atoms with Crippen molar-refractivity contribution in [1.29, 1.82) is 0 Å². The number of hydrogen-bond donors (Lipinski definition) is 0. The van der Waals surface area contributed by atoms with Gasteiger partial charge in [-0.1, -0.05) is 22.9 Å². The van der Waals surface area contributed by atoms with Crippen molar-refractivity contribution in [3.63, 3.8) is 0 Å². The van der Waals surface area contributed by atoms with Crippen LogP contribution in [0.1, 0.15) is 16.2 Å². The van der Waals surface area contributed by atoms with E-state index in [9.17, 15) is 4.79 Å². The van der Waals surface area contributed by atoms with Gasteiger partial charge in [-0.05, 0) is 25.1 Å². The number of fused-ring (bicyclic) bond motifs is 1. The molecule has 1 aliphatic heterocycles. The van der Waals surface area contributed by atoms with E-state index in [0.29, 0.717) is 46.9 Å². The number of nitrogens with zero attached hydrogens (tertiary/aromatic N) is 5. The zero-order valence-corrected chi connectivity index (χ0v) is 18.8. The summed E-state index contributed by atoms with van der Waals surface area (Å²) < 4.78 is 13.4. The molecule has 160 valence electrons. The van der Waals surface area contributed by atoms with Crippen molar-refractivity contribution in [3.05, 3.63) is 34.6 Å². The number of methoxy groups -OCH3 is 1. The fourth-order valence-corrected chi connectivity index (χ4v) is 4.66. The van der Waals surface area contributed by atoms with Gasteiger partial charge in [0, 0.05) is 38.9 Å². The fourth-order valence-electron chi connectivity index (χ4n) is 3.38. The smallest absolute Gasteiger partial charge is 0.280 e. The second kappa shape index (κ2) is 8.89. The van der Waals surface area contributed by atoms with E-state index in [1.165, 1.54) is 11.3 Å². The Bertz CT molecular complexity index is 1040. The summed E-state index contributed by atoms with van der Waals surface area (Å²) in [6.07, 6.45) is 0. The van der Waals surface area contributed by atoms with Gasteiger partial charge in [-0.3, -0.25) is 19.3 Å². The van der Waals surface area contributed by atoms with Crippen molar-refractivity contribution in [3.8, 4) is 5.75 Å². The number of benzene rings is 1. The van der Waals surface area contributed by atoms with Gasteiger partial charge in [0.25, 0.3) is 5.91 Å². The van der Waals surface area contributed by atoms with Crippen LogP contribution < -0.4 is 9.64 Å². The standard InChI is InChI=1S/C20H24ClN5O3S/c1-13-12-15(23-24(13)2)19(27)26(7-6-25-8-10-29-11-9-25)20-22-17-16(28-3)5-4-14(21)18(17)30-20/h4-5,12H,6-11H2,1-3H3. The average molecular weight is 450 g/mol. The van der Waals surface area contributed by atoms with Crippen molar-refractivity contribution in [2.45, 2.75) is 6.92 Å². The minimum Gasteiger partial charge on any atom is -0.494 e. The highest BCUT2D eigenvalue weighted by molar-refractivity contribution is 7.23. The Labute approximate surface area is 183 Å². The van der Waals surface area contributed by atoms with Crippen molar-refractivity contribution < 1.29 is 14.3 Å². The van der Waals surface area contributed by atoms with Crippen molar-refractivity contribution >= 4 is 44.2 Å². The van der Waals surface area contributed by atoms with E-state index in [-0.39, 0.29) is 5.91 Å². The number of ether oxygens (including phenoxy) is 2. The SMILES string of the molecule is COc1ccc(Cl)c2sc(N(CCN3CCOCC3)C(=O)c3cc(C)n(C)n3)nc12. The predicted octanol–water partition coefficient (Wildman–Crippen LogP) is 2.98. The van der Waals surface area contributed by atoms with Gasteiger partial charge in [0.15, 0.2) is 10.8 Å². The molecule has 1 saturated heterocycles. The summed E-state index contributed by atoms with van der Waals surface area (Å²) in [5.74, 6) is 0.451. The van der Waals surface area contributed by atoms with Crippen LogP contribution in [0.25, 0.3) is 10.2 Å². The minimum absolute atomic E-state index is 0.180. The number of aromatic nitrogens is 3. The molecule has 0 spiro atoms. The number of rotatable bonds is 6. The molecule has 1 amide bonds. The highest BCUT2D eigenvalue weighted by Gasteiger charge is 2.26. The van der Waals surface area contributed by atoms with Crippen LogP contribution in [0.3, 0.4) is 0 Å². The van der Waals surface area contributed by atoms with Crippen LogP contribution in [0.2, 0.25) is 5.02 Å². The van der Waals surface area contributed by atoms with Gasteiger partial charge < -0.3 is 9.47 Å². The second-order valence-corrected chi connectivity index (χ2v) is 8.51. The first kappa shape index (κ1) is 21.0. The molecule has 0 bridgehead atoms. The van der Waals surface area contributed by atoms with E-state index >= 15 is 0 Å². The molecule has 0 N–H and O–H groups in total. The van der Waals surface area contributed by atoms with Gasteiger partial charge in [0.2, 0.25) is 0 Å². The number of aryl methyl sites for hydroxylation is 2. The number of carbonyl (C=O) groups is 1. The molecule has 10 heteroatoms. The third-order valence-electron chi connectivity index (χ3n) is 5.22. The molecule has 0 radical (unpaired) electrons. The number of hydrogen-bond acceptors (Lipinski definition) is 7. The largest absolute Gasteiger partial charge is 0.494 e. The average Bonchev–Trinajstić information content (AvgIpc) is 3.34. The molecule has 1 aliphatic rings. The van der Waals surface area contributed by atoms with Crippen LogP contribution >= 0.6 is 22.9 Å². The highest BCUT2D eigenvalue weighted by atomic mass is 35.5. The number of carbonyl (C=O) groups excluding carboxylic acids is 1. The number of halogens is 1. The number of thiazole rings is 1. The van der Waals surface area contributed by atoms with Gasteiger partial charge in [-0.2, -0.15) is 5.10 Å². The van der Waals surface area contributed by atoms with Crippen LogP contribution in [0.15, 0.2) is 18.2 Å². The van der Waals surface area contributed by atoms with E-state index < -0.39 is 0 Å². The monoisotopic (exact) mass is 449 g/mol. The van der Waals surface area contributed by atoms with Crippen LogP contribution in [0, 0.1) is 6.92 Å². The molecule has 2 aromatic heterocycles. The molecule has 0 unspecified atom stereocenters. The van der Waals surface area contributed by atoms with Crippen LogP contribution in [-0.2, 0) is 11.8 Å². The topological polar surface area (TPSA) is 72.7 Å². The van der Waals surface area contributed by atoms with Crippen LogP contribution in [0.5, 0.6) is 5.75 Å². The van der Waals surface area contributed by atoms with E-state index in [1.807, 2.05) is 14.0 Å². The fraction of sp³-hybridized carbons (Fsp3) is 0.450. The van der Waals surface area contributed by atoms with Crippen LogP contribution in [0.4, 0.5) is 5.13 Å². The summed E-state index contributed by atoms with van der Waals surface area (Å²) in [7, 11) is 3.42. The molecule has 0 atom stereocenters. The zero-order valence-electron chi connectivity index (χ0n) is 17.2. The molecule has 0 aliphatic carbocycles. The summed E-state index contributed by atoms with van der Waals surface area (Å²) in [6, 6.07) is 5.37. The molecule has 4 rings (SSSR count). The maximum atomic E-state index is 13.4. The first-order chi connectivity index (χ1) is 14.5. The Morgan fingerprint density at radius 1 is 1.37 bits per heavy atom. The lowest BCUT2D eigenvalue weighted by atomic mass is 10.3. The predicted molar refractivity (Wildman–Crippen MR) is 118 cm³/mol. The Balaban J connectivity index is 1.69. The quantitative estimate of drug-likeness (QED) is 0.576. The number of anilines is 1. The van der Waals surface area contributed by atoms with Gasteiger partial charge >= 0.3 is 0 Å². The summed E-state index contributed by atoms with van der Waals surface area (Å²) in [5, 5.41) is 5.54. The molecule has 3 heterocycles. The van der Waals surface area contributed by atoms with Gasteiger partial charge in [0.1, 0.15) is 11.3 Å². The van der Waals surface area contributed by atoms with Crippen molar-refractivity contribution in [2.24, 2.45) is 7.05 Å². The Kier molecular flexibility index (Phi) is 6.24. The summed E-state index contributed by atoms with van der Waals surface area (Å²) in [6.45, 7) is 6.26. The Morgan fingerprint density at radius 2 is 2.13 bits per heavy atom. The lowest BCUT2D eigenvalue weighted by Crippen LogP contribution is -2.43. The molecular weight excluding hydrogens is 426 g/mol. The maximum Gasteiger partial charge on any atom is 0.280 e. The summed E-state index contributed by atoms with van der Waals surface area (Å²) in [5.41, 5.74) is 1.97. The third kappa shape index (κ3) is 4.15. The van der Waals surface area contributed by atoms with Gasteiger partial charge in [-0.15, -0.1) is 0 Å². The van der Waals surface area contributed by atoms with E-state index in [4.69, 9.17) is 26.1 Å². The first-order valence-corrected chi connectivity index (χ1v) is 10.9. The zero-order chi connectivity index (χ0) is 21.3. The molecule has 30 heavy (non-hydrogen) atoms. The third-order valence-corrected chi connectivity index (χ3v) is 6.76. The summed E-state index contributed by atoms with van der Waals surface area (Å²) >= 11 is 7.78. The second-order valence-electron chi connectivity index (χ2n) is 7.13. The van der Waals surface area contributed by atoms with Crippen molar-refractivity contribution in [1.82, 2.24) is 19.7 Å². The first-order valence-electron chi connectivity index (χ1n) is 9.73. The lowest BCUT2D eigenvalue weighted by Gasteiger charge is -2.29. The van der Waals surface area contributed by atoms with E-state index in [1.54, 1.807) is 34.9 Å². The van der Waals surface area contributed by atoms with Crippen molar-refractivity contribution in [2.75, 3.05) is 51.4 Å². The minimum atomic E-state index is -0.180. The molecule has 8 nitrogen and oxygen atoms in total. The molecule has 0 saturated carbocycles. The van der Waals surface area contributed by atoms with Crippen LogP contribution in [-0.4, -0.2) is 72.1 Å².